The summed E-state index contributed by atoms with van der Waals surface area (Å²) in [5.74, 6) is 1.07. The molecule has 268 valence electrons. The monoisotopic (exact) mass is 727 g/mol. The molecule has 1 spiro atoms. The maximum Gasteiger partial charge on any atom is 0.148 e. The molecule has 12 rings (SSSR count). The van der Waals surface area contributed by atoms with Gasteiger partial charge in [0.2, 0.25) is 0 Å². The lowest BCUT2D eigenvalue weighted by molar-refractivity contribution is 0.269. The number of benzene rings is 8. The van der Waals surface area contributed by atoms with Crippen molar-refractivity contribution in [3.8, 4) is 50.3 Å². The van der Waals surface area contributed by atoms with Crippen LogP contribution in [0.5, 0.6) is 5.75 Å². The Balaban J connectivity index is 1.20. The standard InChI is InChI=1S/C55H37NO/c1-3-15-36(16-4-1)38-27-31-40(32-28-38)56(41-33-29-39(30-34-41)37-17-5-2-6-18-37)53-52-46(35-47-45-22-10-14-26-51(45)57-54(47)53)44-21-9-13-25-50(44)55(52)48-23-11-7-19-42(48)43-20-8-12-24-49(43)55/h1-35,45,51H. The summed E-state index contributed by atoms with van der Waals surface area (Å²) in [7, 11) is 0. The summed E-state index contributed by atoms with van der Waals surface area (Å²) in [6.45, 7) is 0. The summed E-state index contributed by atoms with van der Waals surface area (Å²) in [4.78, 5) is 2.49. The molecule has 0 bridgehead atoms. The van der Waals surface area contributed by atoms with Crippen LogP contribution in [0, 0.1) is 0 Å². The van der Waals surface area contributed by atoms with E-state index in [4.69, 9.17) is 4.74 Å². The highest BCUT2D eigenvalue weighted by atomic mass is 16.5. The average Bonchev–Trinajstić information content (AvgIpc) is 3.91. The second-order valence-electron chi connectivity index (χ2n) is 15.5. The highest BCUT2D eigenvalue weighted by molar-refractivity contribution is 6.02. The van der Waals surface area contributed by atoms with E-state index in [0.29, 0.717) is 0 Å². The van der Waals surface area contributed by atoms with Gasteiger partial charge < -0.3 is 9.64 Å². The fourth-order valence-corrected chi connectivity index (χ4v) is 10.2. The van der Waals surface area contributed by atoms with Crippen LogP contribution in [0.4, 0.5) is 17.1 Å². The Hall–Kier alpha value is -7.16. The Kier molecular flexibility index (Phi) is 7.00. The fourth-order valence-electron chi connectivity index (χ4n) is 10.2. The van der Waals surface area contributed by atoms with Crippen LogP contribution in [0.1, 0.15) is 33.7 Å². The van der Waals surface area contributed by atoms with E-state index >= 15 is 0 Å². The minimum Gasteiger partial charge on any atom is -0.483 e. The molecule has 3 aliphatic carbocycles. The smallest absolute Gasteiger partial charge is 0.148 e. The number of hydrogen-bond acceptors (Lipinski definition) is 2. The summed E-state index contributed by atoms with van der Waals surface area (Å²) >= 11 is 0. The van der Waals surface area contributed by atoms with Crippen LogP contribution in [0.3, 0.4) is 0 Å². The van der Waals surface area contributed by atoms with E-state index < -0.39 is 5.41 Å². The van der Waals surface area contributed by atoms with E-state index in [-0.39, 0.29) is 12.0 Å². The molecule has 2 heteroatoms. The van der Waals surface area contributed by atoms with E-state index in [1.807, 2.05) is 0 Å². The van der Waals surface area contributed by atoms with E-state index in [9.17, 15) is 0 Å². The van der Waals surface area contributed by atoms with Crippen molar-refractivity contribution >= 4 is 17.1 Å². The summed E-state index contributed by atoms with van der Waals surface area (Å²) in [5, 5.41) is 0. The zero-order valence-electron chi connectivity index (χ0n) is 31.2. The van der Waals surface area contributed by atoms with Crippen LogP contribution < -0.4 is 9.64 Å². The fraction of sp³-hybridized carbons (Fsp3) is 0.0545. The SMILES string of the molecule is C1=CC2Oc3c(cc4c(c3N(c3ccc(-c5ccccc5)cc3)c3ccc(-c5ccccc5)cc3)C3(c5ccccc5-c5ccccc53)c3ccccc3-4)C2C=C1. The number of hydrogen-bond donors (Lipinski definition) is 0. The van der Waals surface area contributed by atoms with Gasteiger partial charge in [0.1, 0.15) is 11.9 Å². The lowest BCUT2D eigenvalue weighted by Gasteiger charge is -2.36. The molecule has 2 unspecified atom stereocenters. The topological polar surface area (TPSA) is 12.5 Å². The van der Waals surface area contributed by atoms with E-state index in [2.05, 4.69) is 217 Å². The molecule has 4 aliphatic rings. The highest BCUT2D eigenvalue weighted by Crippen LogP contribution is 2.68. The molecule has 2 nitrogen and oxygen atoms in total. The molecule has 1 heterocycles. The van der Waals surface area contributed by atoms with Crippen molar-refractivity contribution in [3.63, 3.8) is 0 Å². The third kappa shape index (κ3) is 4.59. The molecule has 0 radical (unpaired) electrons. The Labute approximate surface area is 333 Å². The van der Waals surface area contributed by atoms with E-state index in [0.717, 1.165) is 22.8 Å². The van der Waals surface area contributed by atoms with Gasteiger partial charge in [0, 0.05) is 28.4 Å². The summed E-state index contributed by atoms with van der Waals surface area (Å²) in [5.41, 5.74) is 19.0. The van der Waals surface area contributed by atoms with Crippen molar-refractivity contribution in [2.45, 2.75) is 17.4 Å². The zero-order valence-corrected chi connectivity index (χ0v) is 31.2. The van der Waals surface area contributed by atoms with Gasteiger partial charge in [0.25, 0.3) is 0 Å². The third-order valence-corrected chi connectivity index (χ3v) is 12.6. The third-order valence-electron chi connectivity index (χ3n) is 12.6. The Bertz CT molecular complexity index is 2790. The Morgan fingerprint density at radius 3 is 1.39 bits per heavy atom. The minimum atomic E-state index is -0.571. The molecule has 0 saturated carbocycles. The van der Waals surface area contributed by atoms with Gasteiger partial charge in [0.05, 0.1) is 11.1 Å². The lowest BCUT2D eigenvalue weighted by Crippen LogP contribution is -2.28. The lowest BCUT2D eigenvalue weighted by atomic mass is 9.69. The van der Waals surface area contributed by atoms with Crippen LogP contribution in [0.2, 0.25) is 0 Å². The number of anilines is 3. The molecule has 1 aliphatic heterocycles. The van der Waals surface area contributed by atoms with Gasteiger partial charge >= 0.3 is 0 Å². The molecule has 2 atom stereocenters. The van der Waals surface area contributed by atoms with E-state index in [1.54, 1.807) is 0 Å². The van der Waals surface area contributed by atoms with Gasteiger partial charge in [-0.15, -0.1) is 0 Å². The first-order valence-electron chi connectivity index (χ1n) is 19.9. The molecular formula is C55H37NO. The maximum absolute atomic E-state index is 7.28. The molecule has 8 aromatic rings. The summed E-state index contributed by atoms with van der Waals surface area (Å²) < 4.78 is 7.28. The number of nitrogens with zero attached hydrogens (tertiary/aromatic N) is 1. The maximum atomic E-state index is 7.28. The molecule has 57 heavy (non-hydrogen) atoms. The second-order valence-corrected chi connectivity index (χ2v) is 15.5. The highest BCUT2D eigenvalue weighted by Gasteiger charge is 2.55. The van der Waals surface area contributed by atoms with Gasteiger partial charge in [-0.1, -0.05) is 176 Å². The molecule has 0 saturated heterocycles. The molecule has 0 N–H and O–H groups in total. The van der Waals surface area contributed by atoms with Gasteiger partial charge in [-0.3, -0.25) is 0 Å². The van der Waals surface area contributed by atoms with E-state index in [1.165, 1.54) is 72.3 Å². The van der Waals surface area contributed by atoms with Gasteiger partial charge in [-0.2, -0.15) is 0 Å². The first-order chi connectivity index (χ1) is 28.3. The van der Waals surface area contributed by atoms with Crippen molar-refractivity contribution in [2.75, 3.05) is 4.90 Å². The molecule has 0 aromatic heterocycles. The Morgan fingerprint density at radius 1 is 0.421 bits per heavy atom. The van der Waals surface area contributed by atoms with Crippen molar-refractivity contribution in [2.24, 2.45) is 0 Å². The van der Waals surface area contributed by atoms with Crippen LogP contribution in [0.25, 0.3) is 44.5 Å². The number of allylic oxidation sites excluding steroid dienone is 2. The summed E-state index contributed by atoms with van der Waals surface area (Å²) in [6, 6.07) is 69.2. The first-order valence-corrected chi connectivity index (χ1v) is 19.9. The van der Waals surface area contributed by atoms with Crippen molar-refractivity contribution in [1.29, 1.82) is 0 Å². The van der Waals surface area contributed by atoms with Gasteiger partial charge in [-0.25, -0.2) is 0 Å². The molecule has 8 aromatic carbocycles. The minimum absolute atomic E-state index is 0.0802. The van der Waals surface area contributed by atoms with Crippen molar-refractivity contribution in [3.05, 3.63) is 240 Å². The number of rotatable bonds is 5. The number of fused-ring (bicyclic) bond motifs is 13. The number of ether oxygens (including phenoxy) is 1. The second kappa shape index (κ2) is 12.4. The quantitative estimate of drug-likeness (QED) is 0.175. The predicted octanol–water partition coefficient (Wildman–Crippen LogP) is 13.8. The Morgan fingerprint density at radius 2 is 0.860 bits per heavy atom. The molecular weight excluding hydrogens is 691 g/mol. The van der Waals surface area contributed by atoms with Crippen LogP contribution >= 0.6 is 0 Å². The van der Waals surface area contributed by atoms with Gasteiger partial charge in [-0.05, 0) is 97.6 Å². The van der Waals surface area contributed by atoms with Crippen molar-refractivity contribution in [1.82, 2.24) is 0 Å². The van der Waals surface area contributed by atoms with Crippen molar-refractivity contribution < 1.29 is 4.74 Å². The van der Waals surface area contributed by atoms with Crippen LogP contribution in [0.15, 0.2) is 212 Å². The molecule has 0 amide bonds. The normalized spacial score (nSPS) is 16.9. The largest absolute Gasteiger partial charge is 0.483 e. The van der Waals surface area contributed by atoms with Crippen LogP contribution in [-0.2, 0) is 5.41 Å². The summed E-state index contributed by atoms with van der Waals surface area (Å²) in [6.07, 6.45) is 8.76. The predicted molar refractivity (Wildman–Crippen MR) is 234 cm³/mol. The average molecular weight is 728 g/mol. The zero-order chi connectivity index (χ0) is 37.5. The van der Waals surface area contributed by atoms with Gasteiger partial charge in [0.15, 0.2) is 0 Å². The first kappa shape index (κ1) is 32.1. The molecule has 0 fully saturated rings. The van der Waals surface area contributed by atoms with Crippen LogP contribution in [-0.4, -0.2) is 6.10 Å².